The molecular weight excluding hydrogens is 532 g/mol. The van der Waals surface area contributed by atoms with Crippen molar-refractivity contribution in [3.63, 3.8) is 0 Å². The van der Waals surface area contributed by atoms with Crippen LogP contribution in [0.25, 0.3) is 0 Å². The third kappa shape index (κ3) is 4.27. The van der Waals surface area contributed by atoms with Crippen molar-refractivity contribution in [2.75, 3.05) is 6.73 Å². The lowest BCUT2D eigenvalue weighted by Gasteiger charge is -2.63. The standard InChI is InChI=1S/C32H45F2NO6/c1-5-19-6-8-20(9-7-19)13-27(38)41-32(28(39)40-17-35)18(2)12-22-23-15-25(33)24-14-21(36)10-11-29(24,3)31(23,34)26(37)16-30(22,32)4/h10-11,14,18-20,22-23,25-26,37H,5-9,12-13,15-17,35H2,1-4H3/t18-,19-,20-,22+,23+,25+,26+,29+,30+,31+,32+/m1/s1. The smallest absolute Gasteiger partial charge is 0.352 e. The fraction of sp³-hybridized carbons (Fsp3) is 0.781. The topological polar surface area (TPSA) is 116 Å². The molecule has 0 heterocycles. The molecule has 0 aromatic rings. The maximum Gasteiger partial charge on any atom is 0.352 e. The zero-order valence-corrected chi connectivity index (χ0v) is 24.7. The molecule has 4 fully saturated rings. The van der Waals surface area contributed by atoms with E-state index in [9.17, 15) is 19.5 Å². The molecule has 41 heavy (non-hydrogen) atoms. The Bertz CT molecular complexity index is 1150. The van der Waals surface area contributed by atoms with E-state index in [0.29, 0.717) is 5.92 Å². The maximum absolute atomic E-state index is 17.5. The summed E-state index contributed by atoms with van der Waals surface area (Å²) in [5, 5.41) is 11.6. The lowest BCUT2D eigenvalue weighted by molar-refractivity contribution is -0.239. The van der Waals surface area contributed by atoms with E-state index in [2.05, 4.69) is 6.92 Å². The average molecular weight is 578 g/mol. The van der Waals surface area contributed by atoms with E-state index in [1.54, 1.807) is 13.8 Å². The first-order valence-electron chi connectivity index (χ1n) is 15.3. The van der Waals surface area contributed by atoms with Crippen molar-refractivity contribution in [3.8, 4) is 0 Å². The fourth-order valence-corrected chi connectivity index (χ4v) is 9.70. The number of ether oxygens (including phenoxy) is 2. The molecule has 0 saturated heterocycles. The van der Waals surface area contributed by atoms with Crippen molar-refractivity contribution in [2.24, 2.45) is 46.2 Å². The molecule has 4 saturated carbocycles. The molecule has 0 amide bonds. The Balaban J connectivity index is 1.50. The van der Waals surface area contributed by atoms with Crippen LogP contribution in [-0.4, -0.2) is 53.1 Å². The van der Waals surface area contributed by atoms with E-state index >= 15 is 8.78 Å². The zero-order chi connectivity index (χ0) is 30.0. The number of halogens is 2. The van der Waals surface area contributed by atoms with Crippen LogP contribution >= 0.6 is 0 Å². The number of aliphatic hydroxyl groups is 1. The van der Waals surface area contributed by atoms with Crippen molar-refractivity contribution in [1.82, 2.24) is 0 Å². The Hall–Kier alpha value is -2.13. The number of rotatable bonds is 6. The van der Waals surface area contributed by atoms with Gasteiger partial charge >= 0.3 is 11.9 Å². The molecule has 5 rings (SSSR count). The molecule has 0 radical (unpaired) electrons. The summed E-state index contributed by atoms with van der Waals surface area (Å²) in [5.41, 5.74) is -1.23. The van der Waals surface area contributed by atoms with Crippen LogP contribution in [0.5, 0.6) is 0 Å². The first-order valence-corrected chi connectivity index (χ1v) is 15.3. The quantitative estimate of drug-likeness (QED) is 0.341. The molecule has 3 N–H and O–H groups in total. The van der Waals surface area contributed by atoms with Crippen LogP contribution in [0, 0.1) is 40.4 Å². The van der Waals surface area contributed by atoms with E-state index < -0.39 is 76.6 Å². The maximum atomic E-state index is 17.5. The Kier molecular flexibility index (Phi) is 7.80. The molecule has 0 spiro atoms. The van der Waals surface area contributed by atoms with E-state index in [1.165, 1.54) is 19.1 Å². The van der Waals surface area contributed by atoms with E-state index in [-0.39, 0.29) is 37.2 Å². The number of fused-ring (bicyclic) bond motifs is 5. The van der Waals surface area contributed by atoms with Gasteiger partial charge in [0.05, 0.1) is 6.10 Å². The molecule has 9 atom stereocenters. The third-order valence-electron chi connectivity index (χ3n) is 12.0. The molecule has 0 unspecified atom stereocenters. The van der Waals surface area contributed by atoms with Gasteiger partial charge in [-0.05, 0) is 74.5 Å². The predicted molar refractivity (Wildman–Crippen MR) is 148 cm³/mol. The van der Waals surface area contributed by atoms with Crippen molar-refractivity contribution in [1.29, 1.82) is 0 Å². The largest absolute Gasteiger partial charge is 0.447 e. The van der Waals surface area contributed by atoms with Gasteiger partial charge in [-0.2, -0.15) is 0 Å². The van der Waals surface area contributed by atoms with Gasteiger partial charge in [0.15, 0.2) is 11.5 Å². The van der Waals surface area contributed by atoms with Gasteiger partial charge in [-0.15, -0.1) is 0 Å². The highest BCUT2D eigenvalue weighted by Crippen LogP contribution is 2.71. The van der Waals surface area contributed by atoms with E-state index in [4.69, 9.17) is 15.2 Å². The van der Waals surface area contributed by atoms with Gasteiger partial charge in [0.25, 0.3) is 0 Å². The highest BCUT2D eigenvalue weighted by molar-refractivity contribution is 6.01. The molecule has 9 heteroatoms. The number of allylic oxidation sites excluding steroid dienone is 4. The van der Waals surface area contributed by atoms with Crippen LogP contribution < -0.4 is 5.73 Å². The van der Waals surface area contributed by atoms with Crippen molar-refractivity contribution in [3.05, 3.63) is 23.8 Å². The summed E-state index contributed by atoms with van der Waals surface area (Å²) in [6, 6.07) is 0. The summed E-state index contributed by atoms with van der Waals surface area (Å²) < 4.78 is 44.9. The molecular formula is C32H45F2NO6. The second-order valence-electron chi connectivity index (χ2n) is 13.8. The van der Waals surface area contributed by atoms with Gasteiger partial charge < -0.3 is 14.6 Å². The molecule has 5 aliphatic carbocycles. The van der Waals surface area contributed by atoms with E-state index in [0.717, 1.165) is 38.2 Å². The Morgan fingerprint density at radius 1 is 1.12 bits per heavy atom. The van der Waals surface area contributed by atoms with Gasteiger partial charge in [0, 0.05) is 29.1 Å². The minimum atomic E-state index is -2.29. The Labute approximate surface area is 241 Å². The van der Waals surface area contributed by atoms with Crippen LogP contribution in [-0.2, 0) is 23.9 Å². The average Bonchev–Trinajstić information content (AvgIpc) is 3.14. The lowest BCUT2D eigenvalue weighted by atomic mass is 9.44. The van der Waals surface area contributed by atoms with Crippen molar-refractivity contribution < 1.29 is 37.7 Å². The van der Waals surface area contributed by atoms with Gasteiger partial charge in [-0.3, -0.25) is 15.3 Å². The normalized spacial score (nSPS) is 47.1. The lowest BCUT2D eigenvalue weighted by Crippen LogP contribution is -2.71. The molecule has 0 aromatic heterocycles. The molecule has 0 aliphatic heterocycles. The molecule has 0 aromatic carbocycles. The first kappa shape index (κ1) is 30.3. The SMILES string of the molecule is CC[C@H]1CC[C@H](CC(=O)O[C@]2(C(=O)OCN)[C@H](C)C[C@H]3[C@@H]4C[C@H](F)C5=CC(=O)C=C[C@]5(C)[C@@]4(F)[C@@H](O)C[C@@]32C)CC1. The minimum absolute atomic E-state index is 0.0375. The minimum Gasteiger partial charge on any atom is -0.447 e. The number of hydrogen-bond donors (Lipinski definition) is 2. The predicted octanol–water partition coefficient (Wildman–Crippen LogP) is 4.90. The number of nitrogens with two attached hydrogens (primary N) is 1. The zero-order valence-electron chi connectivity index (χ0n) is 24.7. The first-order chi connectivity index (χ1) is 19.3. The van der Waals surface area contributed by atoms with Crippen LogP contribution in [0.2, 0.25) is 0 Å². The highest BCUT2D eigenvalue weighted by atomic mass is 19.1. The monoisotopic (exact) mass is 577 g/mol. The van der Waals surface area contributed by atoms with Crippen molar-refractivity contribution >= 4 is 17.7 Å². The molecule has 0 bridgehead atoms. The highest BCUT2D eigenvalue weighted by Gasteiger charge is 2.78. The molecule has 7 nitrogen and oxygen atoms in total. The van der Waals surface area contributed by atoms with Crippen LogP contribution in [0.4, 0.5) is 8.78 Å². The van der Waals surface area contributed by atoms with Crippen LogP contribution in [0.1, 0.15) is 85.5 Å². The number of alkyl halides is 2. The number of carbonyl (C=O) groups is 3. The molecule has 5 aliphatic rings. The Morgan fingerprint density at radius 2 is 1.78 bits per heavy atom. The summed E-state index contributed by atoms with van der Waals surface area (Å²) in [6.07, 6.45) is 5.59. The van der Waals surface area contributed by atoms with Gasteiger partial charge in [-0.25, -0.2) is 13.6 Å². The second kappa shape index (κ2) is 10.5. The third-order valence-corrected chi connectivity index (χ3v) is 12.0. The number of hydrogen-bond acceptors (Lipinski definition) is 7. The number of esters is 2. The Morgan fingerprint density at radius 3 is 2.41 bits per heavy atom. The van der Waals surface area contributed by atoms with Gasteiger partial charge in [0.2, 0.25) is 5.60 Å². The number of carbonyl (C=O) groups excluding carboxylic acids is 3. The van der Waals surface area contributed by atoms with Crippen LogP contribution in [0.15, 0.2) is 23.8 Å². The summed E-state index contributed by atoms with van der Waals surface area (Å²) >= 11 is 0. The van der Waals surface area contributed by atoms with Gasteiger partial charge in [0.1, 0.15) is 12.9 Å². The molecule has 228 valence electrons. The summed E-state index contributed by atoms with van der Waals surface area (Å²) in [4.78, 5) is 39.4. The van der Waals surface area contributed by atoms with Crippen LogP contribution in [0.3, 0.4) is 0 Å². The second-order valence-corrected chi connectivity index (χ2v) is 13.8. The van der Waals surface area contributed by atoms with E-state index in [1.807, 2.05) is 0 Å². The fourth-order valence-electron chi connectivity index (χ4n) is 9.70. The summed E-state index contributed by atoms with van der Waals surface area (Å²) in [6.45, 7) is 6.80. The summed E-state index contributed by atoms with van der Waals surface area (Å²) in [5.74, 6) is -3.10. The van der Waals surface area contributed by atoms with Gasteiger partial charge in [-0.1, -0.05) is 46.1 Å². The number of aliphatic hydroxyl groups excluding tert-OH is 1. The summed E-state index contributed by atoms with van der Waals surface area (Å²) in [7, 11) is 0. The van der Waals surface area contributed by atoms with Crippen molar-refractivity contribution in [2.45, 2.75) is 109 Å². The number of ketones is 1.